The van der Waals surface area contributed by atoms with E-state index < -0.39 is 0 Å². The van der Waals surface area contributed by atoms with Crippen LogP contribution < -0.4 is 19.6 Å². The fraction of sp³-hybridized carbons (Fsp3) is 0.462. The molecule has 6 nitrogen and oxygen atoms in total. The van der Waals surface area contributed by atoms with Crippen molar-refractivity contribution in [1.82, 2.24) is 5.43 Å². The van der Waals surface area contributed by atoms with Gasteiger partial charge in [-0.3, -0.25) is 4.79 Å². The maximum absolute atomic E-state index is 12.1. The molecular formula is C26H36N2O4. The fourth-order valence-corrected chi connectivity index (χ4v) is 3.88. The third-order valence-electron chi connectivity index (χ3n) is 4.89. The number of benzene rings is 2. The normalized spacial score (nSPS) is 12.0. The van der Waals surface area contributed by atoms with Gasteiger partial charge in [-0.25, -0.2) is 5.43 Å². The number of carbonyl (C=O) groups is 1. The van der Waals surface area contributed by atoms with E-state index in [1.54, 1.807) is 7.11 Å². The molecule has 0 radical (unpaired) electrons. The third-order valence-corrected chi connectivity index (χ3v) is 4.89. The van der Waals surface area contributed by atoms with Crippen LogP contribution in [0, 0.1) is 5.41 Å². The van der Waals surface area contributed by atoms with Gasteiger partial charge in [0.25, 0.3) is 5.91 Å². The zero-order chi connectivity index (χ0) is 23.8. The lowest BCUT2D eigenvalue weighted by molar-refractivity contribution is -0.123. The summed E-state index contributed by atoms with van der Waals surface area (Å²) in [6.07, 6.45) is 2.59. The fourth-order valence-electron chi connectivity index (χ4n) is 3.88. The molecular weight excluding hydrogens is 404 g/mol. The van der Waals surface area contributed by atoms with E-state index in [4.69, 9.17) is 14.2 Å². The summed E-state index contributed by atoms with van der Waals surface area (Å²) in [5, 5.41) is 4.01. The van der Waals surface area contributed by atoms with Crippen molar-refractivity contribution >= 4 is 12.1 Å². The van der Waals surface area contributed by atoms with Crippen LogP contribution in [0.1, 0.15) is 59.1 Å². The lowest BCUT2D eigenvalue weighted by Crippen LogP contribution is -2.25. The summed E-state index contributed by atoms with van der Waals surface area (Å²) in [7, 11) is 1.58. The van der Waals surface area contributed by atoms with Crippen LogP contribution in [0.3, 0.4) is 0 Å². The Hall–Kier alpha value is -3.02. The van der Waals surface area contributed by atoms with Crippen molar-refractivity contribution in [3.63, 3.8) is 0 Å². The molecule has 174 valence electrons. The van der Waals surface area contributed by atoms with Gasteiger partial charge in [0.15, 0.2) is 18.1 Å². The molecule has 0 spiro atoms. The van der Waals surface area contributed by atoms with Crippen LogP contribution in [0.4, 0.5) is 0 Å². The molecule has 0 aliphatic carbocycles. The van der Waals surface area contributed by atoms with E-state index in [9.17, 15) is 4.79 Å². The number of methoxy groups -OCH3 is 1. The highest BCUT2D eigenvalue weighted by Gasteiger charge is 2.27. The number of carbonyl (C=O) groups excluding carboxylic acids is 1. The van der Waals surface area contributed by atoms with E-state index in [0.717, 1.165) is 6.42 Å². The van der Waals surface area contributed by atoms with Crippen molar-refractivity contribution in [3.8, 4) is 17.2 Å². The number of nitrogens with one attached hydrogen (secondary N) is 1. The maximum atomic E-state index is 12.1. The number of hydrazone groups is 1. The van der Waals surface area contributed by atoms with E-state index in [1.165, 1.54) is 11.8 Å². The molecule has 0 saturated heterocycles. The first-order chi connectivity index (χ1) is 15.1. The highest BCUT2D eigenvalue weighted by atomic mass is 16.5. The van der Waals surface area contributed by atoms with Crippen LogP contribution in [0.25, 0.3) is 0 Å². The van der Waals surface area contributed by atoms with Gasteiger partial charge in [-0.05, 0) is 54.0 Å². The number of ether oxygens (including phenoxy) is 3. The number of hydrogen-bond acceptors (Lipinski definition) is 5. The van der Waals surface area contributed by atoms with E-state index in [0.29, 0.717) is 29.4 Å². The Labute approximate surface area is 192 Å². The monoisotopic (exact) mass is 440 g/mol. The highest BCUT2D eigenvalue weighted by Crippen LogP contribution is 2.36. The molecule has 0 heterocycles. The molecule has 6 heteroatoms. The average molecular weight is 441 g/mol. The molecule has 32 heavy (non-hydrogen) atoms. The summed E-state index contributed by atoms with van der Waals surface area (Å²) >= 11 is 0. The van der Waals surface area contributed by atoms with Crippen molar-refractivity contribution in [2.24, 2.45) is 10.5 Å². The summed E-state index contributed by atoms with van der Waals surface area (Å²) in [4.78, 5) is 12.1. The quantitative estimate of drug-likeness (QED) is 0.400. The van der Waals surface area contributed by atoms with Crippen molar-refractivity contribution in [1.29, 1.82) is 0 Å². The van der Waals surface area contributed by atoms with Gasteiger partial charge < -0.3 is 14.2 Å². The molecule has 1 N–H and O–H groups in total. The van der Waals surface area contributed by atoms with E-state index in [2.05, 4.69) is 57.3 Å². The van der Waals surface area contributed by atoms with Crippen LogP contribution in [0.2, 0.25) is 0 Å². The molecule has 0 fully saturated rings. The van der Waals surface area contributed by atoms with Crippen molar-refractivity contribution < 1.29 is 19.0 Å². The summed E-state index contributed by atoms with van der Waals surface area (Å²) in [6, 6.07) is 13.4. The molecule has 0 atom stereocenters. The Morgan fingerprint density at radius 2 is 1.72 bits per heavy atom. The predicted molar refractivity (Wildman–Crippen MR) is 129 cm³/mol. The smallest absolute Gasteiger partial charge is 0.277 e. The van der Waals surface area contributed by atoms with Gasteiger partial charge in [-0.1, -0.05) is 52.8 Å². The molecule has 0 bridgehead atoms. The number of para-hydroxylation sites is 1. The lowest BCUT2D eigenvalue weighted by atomic mass is 9.72. The van der Waals surface area contributed by atoms with E-state index in [-0.39, 0.29) is 23.3 Å². The van der Waals surface area contributed by atoms with Gasteiger partial charge in [-0.2, -0.15) is 5.10 Å². The van der Waals surface area contributed by atoms with Gasteiger partial charge in [0.2, 0.25) is 0 Å². The van der Waals surface area contributed by atoms with Crippen LogP contribution >= 0.6 is 0 Å². The Bertz CT molecular complexity index is 912. The Morgan fingerprint density at radius 3 is 2.31 bits per heavy atom. The Kier molecular flexibility index (Phi) is 8.70. The van der Waals surface area contributed by atoms with Gasteiger partial charge >= 0.3 is 0 Å². The summed E-state index contributed by atoms with van der Waals surface area (Å²) in [5.41, 5.74) is 4.74. The van der Waals surface area contributed by atoms with Crippen LogP contribution in [-0.4, -0.2) is 32.4 Å². The summed E-state index contributed by atoms with van der Waals surface area (Å²) < 4.78 is 16.5. The van der Waals surface area contributed by atoms with Gasteiger partial charge in [0.05, 0.1) is 19.9 Å². The van der Waals surface area contributed by atoms with Crippen LogP contribution in [-0.2, 0) is 10.2 Å². The second-order valence-electron chi connectivity index (χ2n) is 9.54. The first kappa shape index (κ1) is 25.2. The maximum Gasteiger partial charge on any atom is 0.277 e. The molecule has 2 aromatic carbocycles. The number of nitrogens with zero attached hydrogens (tertiary/aromatic N) is 1. The standard InChI is InChI=1S/C26H36N2O4/c1-8-31-24-19(10-9-11-22(24)30-7)16-27-28-23(29)17-32-21-14-12-20(13-15-21)26(5,6)18-25(2,3)4/h9-16H,8,17-18H2,1-7H3,(H,28,29)/b27-16+. The van der Waals surface area contributed by atoms with Crippen LogP contribution in [0.15, 0.2) is 47.6 Å². The molecule has 0 unspecified atom stereocenters. The van der Waals surface area contributed by atoms with E-state index >= 15 is 0 Å². The van der Waals surface area contributed by atoms with E-state index in [1.807, 2.05) is 37.3 Å². The molecule has 2 aromatic rings. The average Bonchev–Trinajstić information content (AvgIpc) is 2.72. The number of hydrogen-bond donors (Lipinski definition) is 1. The van der Waals surface area contributed by atoms with Crippen molar-refractivity contribution in [2.75, 3.05) is 20.3 Å². The molecule has 0 aromatic heterocycles. The van der Waals surface area contributed by atoms with Crippen molar-refractivity contribution in [3.05, 3.63) is 53.6 Å². The Balaban J connectivity index is 1.91. The second-order valence-corrected chi connectivity index (χ2v) is 9.54. The highest BCUT2D eigenvalue weighted by molar-refractivity contribution is 5.86. The van der Waals surface area contributed by atoms with Crippen molar-refractivity contribution in [2.45, 2.75) is 53.4 Å². The topological polar surface area (TPSA) is 69.2 Å². The second kappa shape index (κ2) is 11.0. The zero-order valence-corrected chi connectivity index (χ0v) is 20.3. The van der Waals surface area contributed by atoms with Gasteiger partial charge in [0, 0.05) is 5.56 Å². The number of rotatable bonds is 10. The zero-order valence-electron chi connectivity index (χ0n) is 20.3. The minimum absolute atomic E-state index is 0.0589. The minimum atomic E-state index is -0.348. The first-order valence-corrected chi connectivity index (χ1v) is 10.9. The SMILES string of the molecule is CCOc1c(/C=N/NC(=O)COc2ccc(C(C)(C)CC(C)(C)C)cc2)cccc1OC. The van der Waals surface area contributed by atoms with Gasteiger partial charge in [-0.15, -0.1) is 0 Å². The summed E-state index contributed by atoms with van der Waals surface area (Å²) in [6.45, 7) is 13.5. The third kappa shape index (κ3) is 7.59. The number of amides is 1. The molecule has 0 aliphatic rings. The molecule has 0 aliphatic heterocycles. The Morgan fingerprint density at radius 1 is 1.03 bits per heavy atom. The molecule has 2 rings (SSSR count). The lowest BCUT2D eigenvalue weighted by Gasteiger charge is -2.33. The summed E-state index contributed by atoms with van der Waals surface area (Å²) in [5.74, 6) is 1.49. The van der Waals surface area contributed by atoms with Crippen LogP contribution in [0.5, 0.6) is 17.2 Å². The first-order valence-electron chi connectivity index (χ1n) is 10.9. The predicted octanol–water partition coefficient (Wildman–Crippen LogP) is 5.34. The molecule has 0 saturated carbocycles. The largest absolute Gasteiger partial charge is 0.493 e. The molecule has 1 amide bonds. The minimum Gasteiger partial charge on any atom is -0.493 e. The van der Waals surface area contributed by atoms with Gasteiger partial charge in [0.1, 0.15) is 5.75 Å².